The number of rotatable bonds is 3. The summed E-state index contributed by atoms with van der Waals surface area (Å²) >= 11 is 4.73. The van der Waals surface area contributed by atoms with Gasteiger partial charge in [0.1, 0.15) is 3.79 Å². The first-order valence-electron chi connectivity index (χ1n) is 5.32. The molecule has 2 aromatic rings. The number of thiazole rings is 1. The molecule has 0 bridgehead atoms. The Bertz CT molecular complexity index is 582. The molecule has 18 heavy (non-hydrogen) atoms. The minimum absolute atomic E-state index is 0.217. The third-order valence-corrected chi connectivity index (χ3v) is 4.01. The second kappa shape index (κ2) is 5.49. The van der Waals surface area contributed by atoms with Gasteiger partial charge in [-0.3, -0.25) is 4.79 Å². The smallest absolute Gasteiger partial charge is 0.276 e. The fourth-order valence-electron chi connectivity index (χ4n) is 1.46. The first kappa shape index (κ1) is 13.0. The summed E-state index contributed by atoms with van der Waals surface area (Å²) in [4.78, 5) is 16.2. The fourth-order valence-corrected chi connectivity index (χ4v) is 2.83. The van der Waals surface area contributed by atoms with E-state index in [9.17, 15) is 4.79 Å². The maximum absolute atomic E-state index is 12.1. The molecule has 0 saturated carbocycles. The van der Waals surface area contributed by atoms with Crippen molar-refractivity contribution in [3.05, 3.63) is 39.3 Å². The number of benzene rings is 1. The fraction of sp³-hybridized carbons (Fsp3) is 0.167. The predicted molar refractivity (Wildman–Crippen MR) is 78.5 cm³/mol. The predicted octanol–water partition coefficient (Wildman–Crippen LogP) is 3.51. The Balaban J connectivity index is 2.19. The SMILES string of the molecule is CNc1nc(C(=O)Nc2cccc(C)c2)c(Br)s1. The topological polar surface area (TPSA) is 54.0 Å². The van der Waals surface area contributed by atoms with E-state index in [0.717, 1.165) is 15.0 Å². The lowest BCUT2D eigenvalue weighted by molar-refractivity contribution is 0.102. The minimum Gasteiger partial charge on any atom is -0.365 e. The summed E-state index contributed by atoms with van der Waals surface area (Å²) in [6.07, 6.45) is 0. The van der Waals surface area contributed by atoms with Crippen LogP contribution in [-0.2, 0) is 0 Å². The van der Waals surface area contributed by atoms with Crippen LogP contribution in [0, 0.1) is 6.92 Å². The number of amides is 1. The van der Waals surface area contributed by atoms with Crippen LogP contribution in [0.25, 0.3) is 0 Å². The van der Waals surface area contributed by atoms with Crippen molar-refractivity contribution in [1.29, 1.82) is 0 Å². The van der Waals surface area contributed by atoms with E-state index in [2.05, 4.69) is 31.5 Å². The highest BCUT2D eigenvalue weighted by molar-refractivity contribution is 9.11. The lowest BCUT2D eigenvalue weighted by Crippen LogP contribution is -2.13. The van der Waals surface area contributed by atoms with Crippen LogP contribution >= 0.6 is 27.3 Å². The van der Waals surface area contributed by atoms with Gasteiger partial charge < -0.3 is 10.6 Å². The lowest BCUT2D eigenvalue weighted by Gasteiger charge is -2.04. The molecule has 0 radical (unpaired) electrons. The molecule has 0 atom stereocenters. The average Bonchev–Trinajstić information content (AvgIpc) is 2.70. The molecular formula is C12H12BrN3OS. The largest absolute Gasteiger partial charge is 0.365 e. The van der Waals surface area contributed by atoms with Crippen LogP contribution in [0.5, 0.6) is 0 Å². The van der Waals surface area contributed by atoms with Gasteiger partial charge in [0, 0.05) is 12.7 Å². The molecule has 2 rings (SSSR count). The van der Waals surface area contributed by atoms with Crippen LogP contribution < -0.4 is 10.6 Å². The Morgan fingerprint density at radius 3 is 2.83 bits per heavy atom. The molecular weight excluding hydrogens is 314 g/mol. The molecule has 1 aromatic heterocycles. The number of nitrogens with zero attached hydrogens (tertiary/aromatic N) is 1. The zero-order valence-corrected chi connectivity index (χ0v) is 12.4. The average molecular weight is 326 g/mol. The van der Waals surface area contributed by atoms with Crippen LogP contribution in [-0.4, -0.2) is 17.9 Å². The number of anilines is 2. The summed E-state index contributed by atoms with van der Waals surface area (Å²) in [5.41, 5.74) is 2.26. The zero-order chi connectivity index (χ0) is 13.1. The van der Waals surface area contributed by atoms with Crippen molar-refractivity contribution in [2.75, 3.05) is 17.7 Å². The third-order valence-electron chi connectivity index (χ3n) is 2.29. The van der Waals surface area contributed by atoms with E-state index < -0.39 is 0 Å². The van der Waals surface area contributed by atoms with Crippen LogP contribution in [0.1, 0.15) is 16.1 Å². The number of carbonyl (C=O) groups excluding carboxylic acids is 1. The second-order valence-electron chi connectivity index (χ2n) is 3.71. The summed E-state index contributed by atoms with van der Waals surface area (Å²) in [7, 11) is 1.77. The van der Waals surface area contributed by atoms with E-state index in [1.807, 2.05) is 31.2 Å². The Kier molecular flexibility index (Phi) is 3.98. The first-order valence-corrected chi connectivity index (χ1v) is 6.93. The van der Waals surface area contributed by atoms with Crippen LogP contribution in [0.3, 0.4) is 0 Å². The van der Waals surface area contributed by atoms with E-state index in [4.69, 9.17) is 0 Å². The summed E-state index contributed by atoms with van der Waals surface area (Å²) < 4.78 is 0.719. The summed E-state index contributed by atoms with van der Waals surface area (Å²) in [6, 6.07) is 7.65. The summed E-state index contributed by atoms with van der Waals surface area (Å²) in [5.74, 6) is -0.217. The Morgan fingerprint density at radius 2 is 2.22 bits per heavy atom. The standard InChI is InChI=1S/C12H12BrN3OS/c1-7-4-3-5-8(6-7)15-11(17)9-10(13)18-12(14-2)16-9/h3-6H,1-2H3,(H,14,16)(H,15,17). The quantitative estimate of drug-likeness (QED) is 0.907. The van der Waals surface area contributed by atoms with Crippen LogP contribution in [0.15, 0.2) is 28.1 Å². The van der Waals surface area contributed by atoms with Crippen molar-refractivity contribution >= 4 is 44.0 Å². The van der Waals surface area contributed by atoms with E-state index >= 15 is 0 Å². The summed E-state index contributed by atoms with van der Waals surface area (Å²) in [5, 5.41) is 6.44. The van der Waals surface area contributed by atoms with Gasteiger partial charge in [0.25, 0.3) is 5.91 Å². The third kappa shape index (κ3) is 2.88. The van der Waals surface area contributed by atoms with E-state index in [0.29, 0.717) is 10.8 Å². The number of nitrogens with one attached hydrogen (secondary N) is 2. The highest BCUT2D eigenvalue weighted by Gasteiger charge is 2.16. The van der Waals surface area contributed by atoms with Crippen molar-refractivity contribution < 1.29 is 4.79 Å². The Hall–Kier alpha value is -1.40. The number of hydrogen-bond acceptors (Lipinski definition) is 4. The molecule has 1 heterocycles. The van der Waals surface area contributed by atoms with Crippen molar-refractivity contribution in [3.63, 3.8) is 0 Å². The van der Waals surface area contributed by atoms with E-state index in [1.54, 1.807) is 7.05 Å². The number of aryl methyl sites for hydroxylation is 1. The maximum Gasteiger partial charge on any atom is 0.276 e. The normalized spacial score (nSPS) is 10.2. The molecule has 0 unspecified atom stereocenters. The highest BCUT2D eigenvalue weighted by atomic mass is 79.9. The number of halogens is 1. The van der Waals surface area contributed by atoms with E-state index in [-0.39, 0.29) is 5.91 Å². The van der Waals surface area contributed by atoms with Crippen LogP contribution in [0.2, 0.25) is 0 Å². The van der Waals surface area contributed by atoms with Crippen molar-refractivity contribution in [2.45, 2.75) is 6.92 Å². The zero-order valence-electron chi connectivity index (χ0n) is 9.95. The summed E-state index contributed by atoms with van der Waals surface area (Å²) in [6.45, 7) is 1.98. The number of hydrogen-bond donors (Lipinski definition) is 2. The van der Waals surface area contributed by atoms with Gasteiger partial charge in [-0.15, -0.1) is 0 Å². The molecule has 0 aliphatic rings. The van der Waals surface area contributed by atoms with Crippen molar-refractivity contribution in [3.8, 4) is 0 Å². The first-order chi connectivity index (χ1) is 8.60. The van der Waals surface area contributed by atoms with Gasteiger partial charge in [-0.2, -0.15) is 0 Å². The van der Waals surface area contributed by atoms with E-state index in [1.165, 1.54) is 11.3 Å². The molecule has 0 fully saturated rings. The van der Waals surface area contributed by atoms with Gasteiger partial charge in [-0.1, -0.05) is 23.5 Å². The van der Waals surface area contributed by atoms with Gasteiger partial charge in [-0.05, 0) is 40.5 Å². The van der Waals surface area contributed by atoms with Crippen molar-refractivity contribution in [2.24, 2.45) is 0 Å². The molecule has 0 saturated heterocycles. The van der Waals surface area contributed by atoms with Gasteiger partial charge in [0.05, 0.1) is 0 Å². The molecule has 94 valence electrons. The van der Waals surface area contributed by atoms with Gasteiger partial charge >= 0.3 is 0 Å². The maximum atomic E-state index is 12.1. The van der Waals surface area contributed by atoms with Crippen molar-refractivity contribution in [1.82, 2.24) is 4.98 Å². The molecule has 0 spiro atoms. The lowest BCUT2D eigenvalue weighted by atomic mass is 10.2. The molecule has 6 heteroatoms. The minimum atomic E-state index is -0.217. The molecule has 0 aliphatic carbocycles. The van der Waals surface area contributed by atoms with Gasteiger partial charge in [-0.25, -0.2) is 4.98 Å². The van der Waals surface area contributed by atoms with Gasteiger partial charge in [0.15, 0.2) is 10.8 Å². The molecule has 1 amide bonds. The monoisotopic (exact) mass is 325 g/mol. The second-order valence-corrected chi connectivity index (χ2v) is 6.03. The number of carbonyl (C=O) groups is 1. The Morgan fingerprint density at radius 1 is 1.44 bits per heavy atom. The number of aromatic nitrogens is 1. The molecule has 4 nitrogen and oxygen atoms in total. The van der Waals surface area contributed by atoms with Crippen LogP contribution in [0.4, 0.5) is 10.8 Å². The highest BCUT2D eigenvalue weighted by Crippen LogP contribution is 2.28. The molecule has 2 N–H and O–H groups in total. The van der Waals surface area contributed by atoms with Gasteiger partial charge in [0.2, 0.25) is 0 Å². The molecule has 0 aliphatic heterocycles. The Labute approximate surface area is 118 Å². The molecule has 1 aromatic carbocycles.